The van der Waals surface area contributed by atoms with E-state index in [1.165, 1.54) is 5.56 Å². The molecule has 2 aromatic rings. The summed E-state index contributed by atoms with van der Waals surface area (Å²) in [6.45, 7) is 3.01. The molecule has 1 aliphatic heterocycles. The summed E-state index contributed by atoms with van der Waals surface area (Å²) in [5, 5.41) is 3.02. The Labute approximate surface area is 151 Å². The Morgan fingerprint density at radius 1 is 1.25 bits per heavy atom. The molecule has 0 unspecified atom stereocenters. The van der Waals surface area contributed by atoms with Crippen LogP contribution in [0.2, 0.25) is 0 Å². The number of carbonyl (C=O) groups is 1. The van der Waals surface area contributed by atoms with Gasteiger partial charge in [0.1, 0.15) is 4.38 Å². The monoisotopic (exact) mass is 356 g/mol. The zero-order chi connectivity index (χ0) is 16.8. The Morgan fingerprint density at radius 2 is 2.12 bits per heavy atom. The van der Waals surface area contributed by atoms with Gasteiger partial charge in [0.25, 0.3) is 5.91 Å². The Morgan fingerprint density at radius 3 is 2.92 bits per heavy atom. The number of thioether (sulfide) groups is 2. The van der Waals surface area contributed by atoms with Crippen LogP contribution in [0.4, 0.5) is 5.69 Å². The molecule has 1 heterocycles. The largest absolute Gasteiger partial charge is 0.322 e. The van der Waals surface area contributed by atoms with E-state index < -0.39 is 0 Å². The molecule has 0 saturated carbocycles. The van der Waals surface area contributed by atoms with Gasteiger partial charge < -0.3 is 5.32 Å². The summed E-state index contributed by atoms with van der Waals surface area (Å²) in [7, 11) is 0. The van der Waals surface area contributed by atoms with Gasteiger partial charge in [-0.2, -0.15) is 0 Å². The number of rotatable bonds is 5. The average molecular weight is 357 g/mol. The van der Waals surface area contributed by atoms with Crippen LogP contribution >= 0.6 is 23.5 Å². The maximum absolute atomic E-state index is 12.7. The zero-order valence-corrected chi connectivity index (χ0v) is 15.3. The van der Waals surface area contributed by atoms with Gasteiger partial charge in [-0.15, -0.1) is 0 Å². The molecule has 0 spiro atoms. The van der Waals surface area contributed by atoms with Crippen molar-refractivity contribution < 1.29 is 4.79 Å². The standard InChI is InChI=1S/C19H20N2OS2/c1-2-14-6-5-8-16(12-14)21-18(22)17-9-4-3-7-15(17)13-24-19-20-10-11-23-19/h3-9,12H,2,10-11,13H2,1H3,(H,21,22). The van der Waals surface area contributed by atoms with E-state index >= 15 is 0 Å². The summed E-state index contributed by atoms with van der Waals surface area (Å²) in [4.78, 5) is 17.1. The third-order valence-electron chi connectivity index (χ3n) is 3.76. The summed E-state index contributed by atoms with van der Waals surface area (Å²) in [5.41, 5.74) is 3.84. The molecule has 0 bridgehead atoms. The first-order valence-electron chi connectivity index (χ1n) is 8.04. The Kier molecular flexibility index (Phi) is 5.99. The van der Waals surface area contributed by atoms with Crippen LogP contribution in [0, 0.1) is 0 Å². The van der Waals surface area contributed by atoms with Crippen molar-refractivity contribution in [1.29, 1.82) is 0 Å². The van der Waals surface area contributed by atoms with Crippen LogP contribution in [0.25, 0.3) is 0 Å². The Hall–Kier alpha value is -1.72. The highest BCUT2D eigenvalue weighted by Gasteiger charge is 2.14. The number of hydrogen-bond donors (Lipinski definition) is 1. The lowest BCUT2D eigenvalue weighted by molar-refractivity contribution is 0.102. The number of carbonyl (C=O) groups excluding carboxylic acids is 1. The maximum Gasteiger partial charge on any atom is 0.255 e. The molecule has 0 atom stereocenters. The van der Waals surface area contributed by atoms with E-state index in [-0.39, 0.29) is 5.91 Å². The molecular formula is C19H20N2OS2. The van der Waals surface area contributed by atoms with Gasteiger partial charge in [0.2, 0.25) is 0 Å². The van der Waals surface area contributed by atoms with Crippen molar-refractivity contribution >= 4 is 39.5 Å². The Bertz CT molecular complexity index is 759. The van der Waals surface area contributed by atoms with E-state index in [2.05, 4.69) is 23.3 Å². The fraction of sp³-hybridized carbons (Fsp3) is 0.263. The molecule has 2 aromatic carbocycles. The second-order valence-electron chi connectivity index (χ2n) is 5.45. The third kappa shape index (κ3) is 4.42. The van der Waals surface area contributed by atoms with Gasteiger partial charge in [-0.1, -0.05) is 60.8 Å². The minimum atomic E-state index is -0.0551. The lowest BCUT2D eigenvalue weighted by atomic mass is 10.1. The molecule has 1 aliphatic rings. The second-order valence-corrected chi connectivity index (χ2v) is 7.76. The lowest BCUT2D eigenvalue weighted by Crippen LogP contribution is -2.14. The Balaban J connectivity index is 1.71. The SMILES string of the molecule is CCc1cccc(NC(=O)c2ccccc2CSC2=NCCS2)c1. The predicted octanol–water partition coefficient (Wildman–Crippen LogP) is 4.84. The topological polar surface area (TPSA) is 41.5 Å². The van der Waals surface area contributed by atoms with E-state index in [1.807, 2.05) is 42.5 Å². The number of anilines is 1. The fourth-order valence-electron chi connectivity index (χ4n) is 2.48. The van der Waals surface area contributed by atoms with E-state index in [0.29, 0.717) is 0 Å². The van der Waals surface area contributed by atoms with Crippen LogP contribution in [-0.4, -0.2) is 22.6 Å². The minimum absolute atomic E-state index is 0.0551. The van der Waals surface area contributed by atoms with Crippen LogP contribution in [0.1, 0.15) is 28.4 Å². The van der Waals surface area contributed by atoms with Gasteiger partial charge in [0.15, 0.2) is 0 Å². The van der Waals surface area contributed by atoms with Gasteiger partial charge in [-0.3, -0.25) is 9.79 Å². The first-order chi connectivity index (χ1) is 11.8. The molecule has 0 aromatic heterocycles. The summed E-state index contributed by atoms with van der Waals surface area (Å²) in [6.07, 6.45) is 0.955. The van der Waals surface area contributed by atoms with Crippen LogP contribution < -0.4 is 5.32 Å². The molecule has 24 heavy (non-hydrogen) atoms. The highest BCUT2D eigenvalue weighted by Crippen LogP contribution is 2.26. The average Bonchev–Trinajstić information content (AvgIpc) is 3.14. The van der Waals surface area contributed by atoms with Crippen molar-refractivity contribution in [3.05, 3.63) is 65.2 Å². The van der Waals surface area contributed by atoms with Crippen molar-refractivity contribution in [3.8, 4) is 0 Å². The van der Waals surface area contributed by atoms with E-state index in [9.17, 15) is 4.79 Å². The number of amides is 1. The molecule has 1 N–H and O–H groups in total. The van der Waals surface area contributed by atoms with Gasteiger partial charge in [-0.25, -0.2) is 0 Å². The number of benzene rings is 2. The van der Waals surface area contributed by atoms with E-state index in [4.69, 9.17) is 0 Å². The number of hydrogen-bond acceptors (Lipinski definition) is 4. The van der Waals surface area contributed by atoms with Crippen LogP contribution in [0.3, 0.4) is 0 Å². The minimum Gasteiger partial charge on any atom is -0.322 e. The van der Waals surface area contributed by atoms with Crippen LogP contribution in [0.5, 0.6) is 0 Å². The molecule has 0 radical (unpaired) electrons. The van der Waals surface area contributed by atoms with E-state index in [1.54, 1.807) is 23.5 Å². The molecule has 0 fully saturated rings. The van der Waals surface area contributed by atoms with Crippen LogP contribution in [-0.2, 0) is 12.2 Å². The van der Waals surface area contributed by atoms with Crippen molar-refractivity contribution in [2.24, 2.45) is 4.99 Å². The van der Waals surface area contributed by atoms with Crippen molar-refractivity contribution in [3.63, 3.8) is 0 Å². The smallest absolute Gasteiger partial charge is 0.255 e. The first-order valence-corrected chi connectivity index (χ1v) is 10.0. The molecular weight excluding hydrogens is 336 g/mol. The summed E-state index contributed by atoms with van der Waals surface area (Å²) >= 11 is 3.51. The predicted molar refractivity (Wildman–Crippen MR) is 106 cm³/mol. The number of nitrogens with one attached hydrogen (secondary N) is 1. The van der Waals surface area contributed by atoms with Crippen molar-refractivity contribution in [1.82, 2.24) is 0 Å². The van der Waals surface area contributed by atoms with E-state index in [0.717, 1.165) is 45.7 Å². The van der Waals surface area contributed by atoms with Gasteiger partial charge in [0.05, 0.1) is 6.54 Å². The highest BCUT2D eigenvalue weighted by atomic mass is 32.2. The summed E-state index contributed by atoms with van der Waals surface area (Å²) in [6, 6.07) is 15.8. The molecule has 0 saturated heterocycles. The number of nitrogens with zero attached hydrogens (tertiary/aromatic N) is 1. The van der Waals surface area contributed by atoms with Crippen molar-refractivity contribution in [2.75, 3.05) is 17.6 Å². The van der Waals surface area contributed by atoms with Crippen molar-refractivity contribution in [2.45, 2.75) is 19.1 Å². The van der Waals surface area contributed by atoms with Crippen LogP contribution in [0.15, 0.2) is 53.5 Å². The molecule has 1 amide bonds. The highest BCUT2D eigenvalue weighted by molar-refractivity contribution is 8.38. The van der Waals surface area contributed by atoms with Gasteiger partial charge >= 0.3 is 0 Å². The molecule has 3 nitrogen and oxygen atoms in total. The summed E-state index contributed by atoms with van der Waals surface area (Å²) < 4.78 is 1.13. The number of aliphatic imine (C=N–C) groups is 1. The zero-order valence-electron chi connectivity index (χ0n) is 13.6. The fourth-order valence-corrected chi connectivity index (χ4v) is 4.49. The van der Waals surface area contributed by atoms with Gasteiger partial charge in [-0.05, 0) is 35.7 Å². The molecule has 5 heteroatoms. The number of aryl methyl sites for hydroxylation is 1. The first kappa shape index (κ1) is 17.1. The molecule has 124 valence electrons. The van der Waals surface area contributed by atoms with Gasteiger partial charge in [0, 0.05) is 22.8 Å². The normalized spacial score (nSPS) is 13.6. The lowest BCUT2D eigenvalue weighted by Gasteiger charge is -2.11. The quantitative estimate of drug-likeness (QED) is 0.834. The molecule has 0 aliphatic carbocycles. The summed E-state index contributed by atoms with van der Waals surface area (Å²) in [5.74, 6) is 1.78. The molecule has 3 rings (SSSR count). The third-order valence-corrected chi connectivity index (χ3v) is 6.07. The maximum atomic E-state index is 12.7. The second kappa shape index (κ2) is 8.40.